The van der Waals surface area contributed by atoms with E-state index in [1.54, 1.807) is 6.33 Å². The van der Waals surface area contributed by atoms with E-state index in [1.807, 2.05) is 38.6 Å². The lowest BCUT2D eigenvalue weighted by molar-refractivity contribution is 0.364. The standard InChI is InChI=1S/C13H26N8S2/c1-5-14-12(22)19-17-9(3)11(10-7-21(4)8-16-10)18-20-13(23)15-6-2/h7-9,11,17-18H,5-6H2,1-4H3,(H2,14,19,22)(H2,15,20,23). The zero-order chi connectivity index (χ0) is 17.2. The molecular weight excluding hydrogens is 332 g/mol. The maximum absolute atomic E-state index is 5.18. The Hall–Kier alpha value is -1.49. The van der Waals surface area contributed by atoms with E-state index in [0.717, 1.165) is 18.8 Å². The van der Waals surface area contributed by atoms with E-state index in [4.69, 9.17) is 24.4 Å². The number of hydrogen-bond donors (Lipinski definition) is 6. The van der Waals surface area contributed by atoms with Crippen molar-refractivity contribution in [2.45, 2.75) is 32.9 Å². The summed E-state index contributed by atoms with van der Waals surface area (Å²) in [5.41, 5.74) is 13.2. The molecule has 2 unspecified atom stereocenters. The Morgan fingerprint density at radius 3 is 2.17 bits per heavy atom. The lowest BCUT2D eigenvalue weighted by atomic mass is 10.1. The Balaban J connectivity index is 2.66. The average molecular weight is 359 g/mol. The van der Waals surface area contributed by atoms with Gasteiger partial charge in [0, 0.05) is 32.4 Å². The number of thiocarbonyl (C=S) groups is 2. The van der Waals surface area contributed by atoms with Crippen molar-refractivity contribution >= 4 is 34.7 Å². The van der Waals surface area contributed by atoms with Crippen molar-refractivity contribution in [3.63, 3.8) is 0 Å². The third-order valence-electron chi connectivity index (χ3n) is 2.97. The zero-order valence-electron chi connectivity index (χ0n) is 13.9. The minimum absolute atomic E-state index is 0.0153. The molecule has 6 N–H and O–H groups in total. The van der Waals surface area contributed by atoms with E-state index < -0.39 is 0 Å². The third kappa shape index (κ3) is 7.08. The minimum atomic E-state index is -0.121. The highest BCUT2D eigenvalue weighted by atomic mass is 32.1. The number of hydrazine groups is 2. The van der Waals surface area contributed by atoms with Crippen LogP contribution in [0.2, 0.25) is 0 Å². The first-order valence-corrected chi connectivity index (χ1v) is 8.36. The van der Waals surface area contributed by atoms with Crippen LogP contribution in [0, 0.1) is 0 Å². The number of imidazole rings is 1. The summed E-state index contributed by atoms with van der Waals surface area (Å²) >= 11 is 10.3. The Morgan fingerprint density at radius 1 is 1.13 bits per heavy atom. The third-order valence-corrected chi connectivity index (χ3v) is 3.47. The molecule has 1 heterocycles. The summed E-state index contributed by atoms with van der Waals surface area (Å²) in [5, 5.41) is 7.14. The molecule has 0 saturated carbocycles. The smallest absolute Gasteiger partial charge is 0.180 e. The van der Waals surface area contributed by atoms with Crippen LogP contribution in [0.25, 0.3) is 0 Å². The van der Waals surface area contributed by atoms with Crippen LogP contribution in [0.4, 0.5) is 0 Å². The lowest BCUT2D eigenvalue weighted by Crippen LogP contribution is -2.55. The van der Waals surface area contributed by atoms with Crippen molar-refractivity contribution in [2.24, 2.45) is 7.05 Å². The van der Waals surface area contributed by atoms with Crippen LogP contribution in [0.15, 0.2) is 12.5 Å². The second-order valence-electron chi connectivity index (χ2n) is 4.99. The van der Waals surface area contributed by atoms with Crippen LogP contribution < -0.4 is 32.3 Å². The minimum Gasteiger partial charge on any atom is -0.362 e. The molecule has 1 rings (SSSR count). The highest BCUT2D eigenvalue weighted by Crippen LogP contribution is 2.13. The number of aromatic nitrogens is 2. The predicted molar refractivity (Wildman–Crippen MR) is 101 cm³/mol. The predicted octanol–water partition coefficient (Wildman–Crippen LogP) is -0.173. The molecule has 0 saturated heterocycles. The molecule has 0 aliphatic carbocycles. The van der Waals surface area contributed by atoms with Gasteiger partial charge in [-0.3, -0.25) is 10.9 Å². The van der Waals surface area contributed by atoms with E-state index in [2.05, 4.69) is 37.3 Å². The summed E-state index contributed by atoms with van der Waals surface area (Å²) in [4.78, 5) is 4.41. The van der Waals surface area contributed by atoms with Gasteiger partial charge in [-0.25, -0.2) is 15.8 Å². The van der Waals surface area contributed by atoms with Gasteiger partial charge in [-0.05, 0) is 45.2 Å². The molecule has 0 spiro atoms. The molecule has 1 aromatic heterocycles. The normalized spacial score (nSPS) is 13.0. The summed E-state index contributed by atoms with van der Waals surface area (Å²) in [6.45, 7) is 7.52. The van der Waals surface area contributed by atoms with Gasteiger partial charge in [-0.2, -0.15) is 0 Å². The van der Waals surface area contributed by atoms with E-state index in [-0.39, 0.29) is 12.1 Å². The van der Waals surface area contributed by atoms with Crippen LogP contribution in [-0.4, -0.2) is 38.9 Å². The van der Waals surface area contributed by atoms with Crippen LogP contribution >= 0.6 is 24.4 Å². The van der Waals surface area contributed by atoms with Crippen molar-refractivity contribution in [2.75, 3.05) is 13.1 Å². The van der Waals surface area contributed by atoms with Gasteiger partial charge < -0.3 is 15.2 Å². The Morgan fingerprint density at radius 2 is 1.70 bits per heavy atom. The van der Waals surface area contributed by atoms with Gasteiger partial charge in [-0.1, -0.05) is 0 Å². The molecule has 130 valence electrons. The molecule has 0 bridgehead atoms. The first kappa shape index (κ1) is 19.6. The molecule has 0 aliphatic rings. The van der Waals surface area contributed by atoms with Crippen molar-refractivity contribution < 1.29 is 0 Å². The maximum atomic E-state index is 5.18. The van der Waals surface area contributed by atoms with E-state index in [9.17, 15) is 0 Å². The molecule has 23 heavy (non-hydrogen) atoms. The molecule has 0 aliphatic heterocycles. The van der Waals surface area contributed by atoms with Gasteiger partial charge >= 0.3 is 0 Å². The second-order valence-corrected chi connectivity index (χ2v) is 5.80. The molecule has 0 aromatic carbocycles. The van der Waals surface area contributed by atoms with Crippen LogP contribution in [-0.2, 0) is 7.05 Å². The van der Waals surface area contributed by atoms with Crippen LogP contribution in [0.5, 0.6) is 0 Å². The van der Waals surface area contributed by atoms with Gasteiger partial charge in [0.1, 0.15) is 0 Å². The number of nitrogens with zero attached hydrogens (tertiary/aromatic N) is 2. The number of aryl methyl sites for hydroxylation is 1. The number of hydrogen-bond acceptors (Lipinski definition) is 5. The monoisotopic (exact) mass is 358 g/mol. The molecule has 8 nitrogen and oxygen atoms in total. The topological polar surface area (TPSA) is 90.0 Å². The Kier molecular flexibility index (Phi) is 8.77. The van der Waals surface area contributed by atoms with Crippen molar-refractivity contribution in [3.05, 3.63) is 18.2 Å². The molecule has 0 fully saturated rings. The quantitative estimate of drug-likeness (QED) is 0.280. The lowest BCUT2D eigenvalue weighted by Gasteiger charge is -2.26. The van der Waals surface area contributed by atoms with Gasteiger partial charge in [0.05, 0.1) is 18.1 Å². The van der Waals surface area contributed by atoms with Crippen molar-refractivity contribution in [3.8, 4) is 0 Å². The summed E-state index contributed by atoms with van der Waals surface area (Å²) in [6.07, 6.45) is 3.71. The SMILES string of the molecule is CCNC(=S)NNC(C)C(NNC(=S)NCC)c1cn(C)cn1. The summed E-state index contributed by atoms with van der Waals surface area (Å²) in [5.74, 6) is 0. The zero-order valence-corrected chi connectivity index (χ0v) is 15.6. The fraction of sp³-hybridized carbons (Fsp3) is 0.615. The molecule has 10 heteroatoms. The highest BCUT2D eigenvalue weighted by molar-refractivity contribution is 7.80. The summed E-state index contributed by atoms with van der Waals surface area (Å²) < 4.78 is 1.90. The Bertz CT molecular complexity index is 504. The Labute approximate surface area is 148 Å². The molecule has 2 atom stereocenters. The van der Waals surface area contributed by atoms with Gasteiger partial charge in [0.2, 0.25) is 0 Å². The first-order valence-electron chi connectivity index (χ1n) is 7.54. The van der Waals surface area contributed by atoms with Crippen LogP contribution in [0.3, 0.4) is 0 Å². The van der Waals surface area contributed by atoms with Crippen molar-refractivity contribution in [1.82, 2.24) is 41.9 Å². The number of rotatable bonds is 8. The fourth-order valence-electron chi connectivity index (χ4n) is 1.86. The molecule has 1 aromatic rings. The first-order chi connectivity index (χ1) is 11.0. The maximum Gasteiger partial charge on any atom is 0.180 e. The second kappa shape index (κ2) is 10.3. The molecule has 0 radical (unpaired) electrons. The van der Waals surface area contributed by atoms with Gasteiger partial charge in [0.15, 0.2) is 10.2 Å². The summed E-state index contributed by atoms with van der Waals surface area (Å²) in [6, 6.07) is -0.136. The molecular formula is C13H26N8S2. The fourth-order valence-corrected chi connectivity index (χ4v) is 2.27. The van der Waals surface area contributed by atoms with Gasteiger partial charge in [0.25, 0.3) is 0 Å². The highest BCUT2D eigenvalue weighted by Gasteiger charge is 2.21. The largest absolute Gasteiger partial charge is 0.362 e. The van der Waals surface area contributed by atoms with Crippen molar-refractivity contribution in [1.29, 1.82) is 0 Å². The van der Waals surface area contributed by atoms with Crippen LogP contribution in [0.1, 0.15) is 32.5 Å². The summed E-state index contributed by atoms with van der Waals surface area (Å²) in [7, 11) is 1.93. The van der Waals surface area contributed by atoms with E-state index in [0.29, 0.717) is 10.2 Å². The van der Waals surface area contributed by atoms with E-state index in [1.165, 1.54) is 0 Å². The van der Waals surface area contributed by atoms with E-state index >= 15 is 0 Å². The number of nitrogens with one attached hydrogen (secondary N) is 6. The average Bonchev–Trinajstić information content (AvgIpc) is 2.92. The van der Waals surface area contributed by atoms with Gasteiger partial charge in [-0.15, -0.1) is 0 Å². The molecule has 0 amide bonds.